The summed E-state index contributed by atoms with van der Waals surface area (Å²) in [6.45, 7) is 0.296. The Morgan fingerprint density at radius 1 is 1.35 bits per heavy atom. The first-order valence-electron chi connectivity index (χ1n) is 4.87. The number of aromatic carboxylic acids is 1. The van der Waals surface area contributed by atoms with E-state index in [1.807, 2.05) is 6.07 Å². The van der Waals surface area contributed by atoms with Gasteiger partial charge in [-0.25, -0.2) is 4.79 Å². The first-order valence-corrected chi connectivity index (χ1v) is 5.75. The lowest BCUT2D eigenvalue weighted by atomic mass is 10.2. The fourth-order valence-corrected chi connectivity index (χ4v) is 1.98. The van der Waals surface area contributed by atoms with Gasteiger partial charge in [-0.05, 0) is 17.7 Å². The van der Waals surface area contributed by atoms with Gasteiger partial charge in [-0.1, -0.05) is 12.1 Å². The van der Waals surface area contributed by atoms with Gasteiger partial charge >= 0.3 is 5.97 Å². The number of carbonyl (C=O) groups is 1. The van der Waals surface area contributed by atoms with Crippen LogP contribution < -0.4 is 4.74 Å². The van der Waals surface area contributed by atoms with Crippen molar-refractivity contribution in [1.82, 2.24) is 0 Å². The summed E-state index contributed by atoms with van der Waals surface area (Å²) in [5.74, 6) is -0.249. The Balaban J connectivity index is 2.00. The number of aromatic hydroxyl groups is 1. The molecule has 2 N–H and O–H groups in total. The third-order valence-electron chi connectivity index (χ3n) is 2.10. The van der Waals surface area contributed by atoms with Crippen molar-refractivity contribution in [3.05, 3.63) is 46.2 Å². The minimum Gasteiger partial charge on any atom is -0.508 e. The number of thiophene rings is 1. The minimum absolute atomic E-state index is 0.183. The number of hydrogen-bond donors (Lipinski definition) is 2. The van der Waals surface area contributed by atoms with E-state index in [9.17, 15) is 9.90 Å². The molecule has 2 aromatic rings. The lowest BCUT2D eigenvalue weighted by Gasteiger charge is -2.03. The number of phenolic OH excluding ortho intramolecular Hbond substituents is 1. The summed E-state index contributed by atoms with van der Waals surface area (Å²) in [4.78, 5) is 10.9. The molecule has 88 valence electrons. The van der Waals surface area contributed by atoms with Gasteiger partial charge in [-0.3, -0.25) is 0 Å². The summed E-state index contributed by atoms with van der Waals surface area (Å²) in [5.41, 5.74) is 0.827. The monoisotopic (exact) mass is 250 g/mol. The number of rotatable bonds is 4. The maximum absolute atomic E-state index is 10.7. The predicted octanol–water partition coefficient (Wildman–Crippen LogP) is 2.73. The highest BCUT2D eigenvalue weighted by molar-refractivity contribution is 7.12. The van der Waals surface area contributed by atoms with Crippen LogP contribution in [0.25, 0.3) is 0 Å². The molecule has 1 aromatic carbocycles. The van der Waals surface area contributed by atoms with Crippen molar-refractivity contribution in [2.75, 3.05) is 0 Å². The van der Waals surface area contributed by atoms with Gasteiger partial charge in [0.15, 0.2) is 0 Å². The Kier molecular flexibility index (Phi) is 3.30. The van der Waals surface area contributed by atoms with Crippen LogP contribution in [0.4, 0.5) is 0 Å². The molecule has 17 heavy (non-hydrogen) atoms. The molecule has 0 bridgehead atoms. The standard InChI is InChI=1S/C12H10O4S/c13-9-3-1-2-8(4-9)6-16-10-5-11(12(14)15)17-7-10/h1-5,7,13H,6H2,(H,14,15). The molecule has 0 aliphatic carbocycles. The summed E-state index contributed by atoms with van der Waals surface area (Å²) in [7, 11) is 0. The summed E-state index contributed by atoms with van der Waals surface area (Å²) in [6.07, 6.45) is 0. The van der Waals surface area contributed by atoms with Crippen LogP contribution in [0.2, 0.25) is 0 Å². The van der Waals surface area contributed by atoms with Gasteiger partial charge in [-0.2, -0.15) is 0 Å². The van der Waals surface area contributed by atoms with E-state index in [0.29, 0.717) is 12.4 Å². The van der Waals surface area contributed by atoms with Crippen molar-refractivity contribution in [3.8, 4) is 11.5 Å². The Hall–Kier alpha value is -2.01. The highest BCUT2D eigenvalue weighted by atomic mass is 32.1. The molecule has 0 atom stereocenters. The first-order chi connectivity index (χ1) is 8.15. The number of hydrogen-bond acceptors (Lipinski definition) is 4. The van der Waals surface area contributed by atoms with Crippen molar-refractivity contribution < 1.29 is 19.7 Å². The minimum atomic E-state index is -0.956. The third kappa shape index (κ3) is 2.98. The van der Waals surface area contributed by atoms with Crippen molar-refractivity contribution in [1.29, 1.82) is 0 Å². The Morgan fingerprint density at radius 3 is 2.82 bits per heavy atom. The van der Waals surface area contributed by atoms with E-state index in [1.54, 1.807) is 23.6 Å². The van der Waals surface area contributed by atoms with E-state index in [1.165, 1.54) is 6.07 Å². The fourth-order valence-electron chi connectivity index (χ4n) is 1.32. The molecule has 0 spiro atoms. The van der Waals surface area contributed by atoms with Gasteiger partial charge in [-0.15, -0.1) is 11.3 Å². The molecule has 2 rings (SSSR count). The summed E-state index contributed by atoms with van der Waals surface area (Å²) in [6, 6.07) is 8.21. The van der Waals surface area contributed by atoms with Crippen molar-refractivity contribution in [2.24, 2.45) is 0 Å². The second-order valence-electron chi connectivity index (χ2n) is 3.41. The van der Waals surface area contributed by atoms with E-state index < -0.39 is 5.97 Å². The lowest BCUT2D eigenvalue weighted by molar-refractivity contribution is 0.0702. The van der Waals surface area contributed by atoms with Crippen molar-refractivity contribution in [2.45, 2.75) is 6.61 Å². The van der Waals surface area contributed by atoms with Crippen LogP contribution in [0.1, 0.15) is 15.2 Å². The number of carboxylic acids is 1. The summed E-state index contributed by atoms with van der Waals surface area (Å²) >= 11 is 1.12. The molecule has 1 heterocycles. The number of ether oxygens (including phenoxy) is 1. The molecular formula is C12H10O4S. The molecule has 0 aliphatic rings. The SMILES string of the molecule is O=C(O)c1cc(OCc2cccc(O)c2)cs1. The highest BCUT2D eigenvalue weighted by Gasteiger charge is 2.07. The fraction of sp³-hybridized carbons (Fsp3) is 0.0833. The zero-order valence-electron chi connectivity index (χ0n) is 8.79. The maximum atomic E-state index is 10.7. The molecule has 0 fully saturated rings. The van der Waals surface area contributed by atoms with Crippen LogP contribution in [0.3, 0.4) is 0 Å². The zero-order valence-corrected chi connectivity index (χ0v) is 9.61. The maximum Gasteiger partial charge on any atom is 0.346 e. The predicted molar refractivity (Wildman–Crippen MR) is 63.7 cm³/mol. The molecule has 5 heteroatoms. The van der Waals surface area contributed by atoms with Crippen LogP contribution in [0.5, 0.6) is 11.5 Å². The second kappa shape index (κ2) is 4.88. The van der Waals surface area contributed by atoms with Crippen LogP contribution in [-0.4, -0.2) is 16.2 Å². The normalized spacial score (nSPS) is 10.1. The molecule has 1 aromatic heterocycles. The van der Waals surface area contributed by atoms with Gasteiger partial charge < -0.3 is 14.9 Å². The van der Waals surface area contributed by atoms with Gasteiger partial charge in [0.1, 0.15) is 23.0 Å². The van der Waals surface area contributed by atoms with Gasteiger partial charge in [0.25, 0.3) is 0 Å². The van der Waals surface area contributed by atoms with Crippen LogP contribution in [-0.2, 0) is 6.61 Å². The molecule has 0 radical (unpaired) electrons. The van der Waals surface area contributed by atoms with E-state index in [-0.39, 0.29) is 10.6 Å². The largest absolute Gasteiger partial charge is 0.508 e. The summed E-state index contributed by atoms with van der Waals surface area (Å²) in [5, 5.41) is 19.6. The highest BCUT2D eigenvalue weighted by Crippen LogP contribution is 2.22. The molecule has 0 aliphatic heterocycles. The van der Waals surface area contributed by atoms with E-state index in [2.05, 4.69) is 0 Å². The molecule has 0 saturated heterocycles. The topological polar surface area (TPSA) is 66.8 Å². The average Bonchev–Trinajstić information content (AvgIpc) is 2.75. The molecular weight excluding hydrogens is 240 g/mol. The number of carboxylic acid groups (broad SMARTS) is 1. The van der Waals surface area contributed by atoms with Crippen LogP contribution in [0, 0.1) is 0 Å². The first kappa shape index (κ1) is 11.5. The van der Waals surface area contributed by atoms with Gasteiger partial charge in [0.2, 0.25) is 0 Å². The van der Waals surface area contributed by atoms with E-state index in [4.69, 9.17) is 9.84 Å². The number of phenols is 1. The third-order valence-corrected chi connectivity index (χ3v) is 3.00. The lowest BCUT2D eigenvalue weighted by Crippen LogP contribution is -1.94. The zero-order chi connectivity index (χ0) is 12.3. The summed E-state index contributed by atoms with van der Waals surface area (Å²) < 4.78 is 5.41. The second-order valence-corrected chi connectivity index (χ2v) is 4.32. The Morgan fingerprint density at radius 2 is 2.18 bits per heavy atom. The molecule has 0 unspecified atom stereocenters. The quantitative estimate of drug-likeness (QED) is 0.875. The molecule has 0 amide bonds. The average molecular weight is 250 g/mol. The van der Waals surface area contributed by atoms with Crippen LogP contribution >= 0.6 is 11.3 Å². The van der Waals surface area contributed by atoms with Crippen LogP contribution in [0.15, 0.2) is 35.7 Å². The van der Waals surface area contributed by atoms with Crippen molar-refractivity contribution in [3.63, 3.8) is 0 Å². The Bertz CT molecular complexity index is 533. The molecule has 4 nitrogen and oxygen atoms in total. The molecule has 0 saturated carbocycles. The van der Waals surface area contributed by atoms with E-state index >= 15 is 0 Å². The van der Waals surface area contributed by atoms with Crippen molar-refractivity contribution >= 4 is 17.3 Å². The number of benzene rings is 1. The van der Waals surface area contributed by atoms with Gasteiger partial charge in [0.05, 0.1) is 0 Å². The van der Waals surface area contributed by atoms with Gasteiger partial charge in [0, 0.05) is 11.4 Å². The van der Waals surface area contributed by atoms with E-state index in [0.717, 1.165) is 16.9 Å². The Labute approximate surface area is 102 Å². The smallest absolute Gasteiger partial charge is 0.346 e.